The molecule has 0 saturated carbocycles. The van der Waals surface area contributed by atoms with Crippen LogP contribution in [0.15, 0.2) is 0 Å². The topological polar surface area (TPSA) is 60.8 Å². The van der Waals surface area contributed by atoms with Gasteiger partial charge >= 0.3 is 6.09 Å². The van der Waals surface area contributed by atoms with Crippen LogP contribution < -0.4 is 0 Å². The summed E-state index contributed by atoms with van der Waals surface area (Å²) >= 11 is 0. The molecule has 4 nitrogen and oxygen atoms in total. The Morgan fingerprint density at radius 2 is 2.09 bits per heavy atom. The standard InChI is InChI=1S/C7H13NO3/c1-4-3-6(9)5(2)8(4)7(10)11/h4-6,9H,3H2,1-2H3,(H,10,11)/t4-,5+,6+/m1/s1. The SMILES string of the molecule is C[C@@H]1C[C@H](O)[C@H](C)N1C(=O)O. The van der Waals surface area contributed by atoms with E-state index in [-0.39, 0.29) is 12.1 Å². The maximum Gasteiger partial charge on any atom is 0.407 e. The van der Waals surface area contributed by atoms with E-state index in [2.05, 4.69) is 0 Å². The van der Waals surface area contributed by atoms with E-state index in [0.717, 1.165) is 0 Å². The summed E-state index contributed by atoms with van der Waals surface area (Å²) in [6.07, 6.45) is -0.893. The van der Waals surface area contributed by atoms with Gasteiger partial charge in [0.1, 0.15) is 0 Å². The quantitative estimate of drug-likeness (QED) is 0.541. The Balaban J connectivity index is 2.71. The summed E-state index contributed by atoms with van der Waals surface area (Å²) in [6, 6.07) is -0.319. The molecule has 1 saturated heterocycles. The number of carboxylic acid groups (broad SMARTS) is 1. The van der Waals surface area contributed by atoms with Crippen LogP contribution in [0, 0.1) is 0 Å². The van der Waals surface area contributed by atoms with Crippen molar-refractivity contribution in [3.63, 3.8) is 0 Å². The van der Waals surface area contributed by atoms with Gasteiger partial charge in [-0.3, -0.25) is 0 Å². The fraction of sp³-hybridized carbons (Fsp3) is 0.857. The molecule has 2 N–H and O–H groups in total. The Bertz CT molecular complexity index is 171. The Kier molecular flexibility index (Phi) is 2.04. The summed E-state index contributed by atoms with van der Waals surface area (Å²) in [5, 5.41) is 18.0. The van der Waals surface area contributed by atoms with Gasteiger partial charge in [-0.15, -0.1) is 0 Å². The summed E-state index contributed by atoms with van der Waals surface area (Å²) in [7, 11) is 0. The van der Waals surface area contributed by atoms with Gasteiger partial charge in [-0.25, -0.2) is 4.79 Å². The lowest BCUT2D eigenvalue weighted by Crippen LogP contribution is -2.39. The molecule has 1 amide bonds. The molecular formula is C7H13NO3. The number of carbonyl (C=O) groups is 1. The molecule has 0 unspecified atom stereocenters. The van der Waals surface area contributed by atoms with Crippen LogP contribution in [0.25, 0.3) is 0 Å². The molecule has 0 spiro atoms. The minimum Gasteiger partial charge on any atom is -0.465 e. The largest absolute Gasteiger partial charge is 0.465 e. The van der Waals surface area contributed by atoms with Gasteiger partial charge in [0.15, 0.2) is 0 Å². The van der Waals surface area contributed by atoms with Gasteiger partial charge in [0.2, 0.25) is 0 Å². The van der Waals surface area contributed by atoms with Crippen LogP contribution >= 0.6 is 0 Å². The minimum atomic E-state index is -0.943. The number of likely N-dealkylation sites (tertiary alicyclic amines) is 1. The van der Waals surface area contributed by atoms with Crippen molar-refractivity contribution >= 4 is 6.09 Å². The number of nitrogens with zero attached hydrogens (tertiary/aromatic N) is 1. The molecule has 4 heteroatoms. The van der Waals surface area contributed by atoms with Crippen molar-refractivity contribution in [2.45, 2.75) is 38.5 Å². The number of hydrogen-bond donors (Lipinski definition) is 2. The fourth-order valence-corrected chi connectivity index (χ4v) is 1.61. The Labute approximate surface area is 65.4 Å². The molecule has 1 fully saturated rings. The zero-order valence-electron chi connectivity index (χ0n) is 6.69. The van der Waals surface area contributed by atoms with E-state index in [1.807, 2.05) is 0 Å². The van der Waals surface area contributed by atoms with Gasteiger partial charge in [-0.05, 0) is 20.3 Å². The lowest BCUT2D eigenvalue weighted by atomic mass is 10.2. The minimum absolute atomic E-state index is 0.0579. The van der Waals surface area contributed by atoms with Gasteiger partial charge in [0.25, 0.3) is 0 Å². The van der Waals surface area contributed by atoms with E-state index >= 15 is 0 Å². The first-order chi connectivity index (χ1) is 5.04. The van der Waals surface area contributed by atoms with Crippen molar-refractivity contribution < 1.29 is 15.0 Å². The predicted octanol–water partition coefficient (Wildman–Crippen LogP) is 0.508. The third-order valence-corrected chi connectivity index (χ3v) is 2.27. The van der Waals surface area contributed by atoms with E-state index in [0.29, 0.717) is 6.42 Å². The monoisotopic (exact) mass is 159 g/mol. The van der Waals surface area contributed by atoms with Gasteiger partial charge in [-0.1, -0.05) is 0 Å². The van der Waals surface area contributed by atoms with Crippen LogP contribution in [-0.2, 0) is 0 Å². The molecule has 1 aliphatic rings. The molecule has 0 bridgehead atoms. The summed E-state index contributed by atoms with van der Waals surface area (Å²) < 4.78 is 0. The van der Waals surface area contributed by atoms with E-state index in [1.165, 1.54) is 4.90 Å². The summed E-state index contributed by atoms with van der Waals surface area (Å²) in [5.41, 5.74) is 0. The zero-order valence-corrected chi connectivity index (χ0v) is 6.69. The molecule has 11 heavy (non-hydrogen) atoms. The highest BCUT2D eigenvalue weighted by Gasteiger charge is 2.37. The highest BCUT2D eigenvalue weighted by Crippen LogP contribution is 2.23. The number of aliphatic hydroxyl groups excluding tert-OH is 1. The molecule has 1 aliphatic heterocycles. The van der Waals surface area contributed by atoms with Crippen LogP contribution in [0.4, 0.5) is 4.79 Å². The molecule has 3 atom stereocenters. The van der Waals surface area contributed by atoms with Crippen LogP contribution in [0.5, 0.6) is 0 Å². The number of aliphatic hydroxyl groups is 1. The Morgan fingerprint density at radius 1 is 1.55 bits per heavy atom. The van der Waals surface area contributed by atoms with Crippen molar-refractivity contribution in [2.75, 3.05) is 0 Å². The highest BCUT2D eigenvalue weighted by molar-refractivity contribution is 5.66. The molecule has 1 heterocycles. The Hall–Kier alpha value is -0.770. The van der Waals surface area contributed by atoms with Crippen LogP contribution in [0.2, 0.25) is 0 Å². The average Bonchev–Trinajstić information content (AvgIpc) is 2.07. The molecule has 64 valence electrons. The number of hydrogen-bond acceptors (Lipinski definition) is 2. The molecular weight excluding hydrogens is 146 g/mol. The van der Waals surface area contributed by atoms with Gasteiger partial charge in [0, 0.05) is 6.04 Å². The van der Waals surface area contributed by atoms with Gasteiger partial charge in [-0.2, -0.15) is 0 Å². The lowest BCUT2D eigenvalue weighted by molar-refractivity contribution is 0.102. The van der Waals surface area contributed by atoms with Crippen LogP contribution in [0.3, 0.4) is 0 Å². The number of rotatable bonds is 0. The van der Waals surface area contributed by atoms with Crippen molar-refractivity contribution in [2.24, 2.45) is 0 Å². The zero-order chi connectivity index (χ0) is 8.59. The van der Waals surface area contributed by atoms with E-state index in [9.17, 15) is 9.90 Å². The van der Waals surface area contributed by atoms with Gasteiger partial charge < -0.3 is 15.1 Å². The molecule has 0 radical (unpaired) electrons. The van der Waals surface area contributed by atoms with E-state index in [1.54, 1.807) is 13.8 Å². The summed E-state index contributed by atoms with van der Waals surface area (Å²) in [6.45, 7) is 3.53. The second-order valence-electron chi connectivity index (χ2n) is 3.08. The summed E-state index contributed by atoms with van der Waals surface area (Å²) in [4.78, 5) is 11.9. The smallest absolute Gasteiger partial charge is 0.407 e. The average molecular weight is 159 g/mol. The first-order valence-corrected chi connectivity index (χ1v) is 3.73. The third kappa shape index (κ3) is 1.30. The van der Waals surface area contributed by atoms with Crippen LogP contribution in [-0.4, -0.2) is 39.4 Å². The molecule has 0 aliphatic carbocycles. The maximum absolute atomic E-state index is 10.6. The fourth-order valence-electron chi connectivity index (χ4n) is 1.61. The second kappa shape index (κ2) is 2.70. The van der Waals surface area contributed by atoms with Crippen molar-refractivity contribution in [3.8, 4) is 0 Å². The van der Waals surface area contributed by atoms with Gasteiger partial charge in [0.05, 0.1) is 12.1 Å². The lowest BCUT2D eigenvalue weighted by Gasteiger charge is -2.22. The highest BCUT2D eigenvalue weighted by atomic mass is 16.4. The third-order valence-electron chi connectivity index (χ3n) is 2.27. The molecule has 0 aromatic carbocycles. The van der Waals surface area contributed by atoms with E-state index < -0.39 is 12.2 Å². The van der Waals surface area contributed by atoms with Crippen molar-refractivity contribution in [3.05, 3.63) is 0 Å². The normalized spacial score (nSPS) is 37.7. The van der Waals surface area contributed by atoms with Crippen molar-refractivity contribution in [1.82, 2.24) is 4.90 Å². The van der Waals surface area contributed by atoms with Crippen LogP contribution in [0.1, 0.15) is 20.3 Å². The first-order valence-electron chi connectivity index (χ1n) is 3.73. The number of amides is 1. The van der Waals surface area contributed by atoms with E-state index in [4.69, 9.17) is 5.11 Å². The van der Waals surface area contributed by atoms with Crippen molar-refractivity contribution in [1.29, 1.82) is 0 Å². The summed E-state index contributed by atoms with van der Waals surface area (Å²) in [5.74, 6) is 0. The second-order valence-corrected chi connectivity index (χ2v) is 3.08. The molecule has 0 aromatic heterocycles. The Morgan fingerprint density at radius 3 is 2.27 bits per heavy atom. The predicted molar refractivity (Wildman–Crippen MR) is 39.4 cm³/mol. The molecule has 0 aromatic rings. The maximum atomic E-state index is 10.6. The first kappa shape index (κ1) is 8.33. The molecule has 1 rings (SSSR count).